The normalized spacial score (nSPS) is 10.9. The number of carbonyl (C=O) groups is 1. The Morgan fingerprint density at radius 2 is 2.12 bits per heavy atom. The van der Waals surface area contributed by atoms with Crippen LogP contribution in [0.4, 0.5) is 0 Å². The number of fused-ring (bicyclic) bond motifs is 1. The van der Waals surface area contributed by atoms with Gasteiger partial charge in [-0.3, -0.25) is 4.79 Å². The van der Waals surface area contributed by atoms with Crippen LogP contribution in [0.1, 0.15) is 11.5 Å². The van der Waals surface area contributed by atoms with Crippen molar-refractivity contribution in [2.75, 3.05) is 5.75 Å². The summed E-state index contributed by atoms with van der Waals surface area (Å²) < 4.78 is 7.68. The lowest BCUT2D eigenvalue weighted by molar-refractivity contribution is -0.115. The zero-order valence-corrected chi connectivity index (χ0v) is 14.2. The van der Waals surface area contributed by atoms with Crippen LogP contribution in [0.5, 0.6) is 5.75 Å². The van der Waals surface area contributed by atoms with Gasteiger partial charge in [-0.2, -0.15) is 0 Å². The van der Waals surface area contributed by atoms with Crippen molar-refractivity contribution in [1.82, 2.24) is 19.7 Å². The molecule has 3 rings (SSSR count). The van der Waals surface area contributed by atoms with Crippen LogP contribution in [0.25, 0.3) is 10.9 Å². The van der Waals surface area contributed by atoms with Gasteiger partial charge in [-0.25, -0.2) is 4.98 Å². The number of hydrogen-bond acceptors (Lipinski definition) is 6. The number of nitrogens with two attached hydrogens (primary N) is 1. The van der Waals surface area contributed by atoms with E-state index >= 15 is 0 Å². The number of hydrogen-bond donors (Lipinski definition) is 1. The molecule has 2 aromatic heterocycles. The predicted molar refractivity (Wildman–Crippen MR) is 91.7 cm³/mol. The van der Waals surface area contributed by atoms with E-state index in [9.17, 15) is 4.79 Å². The molecule has 2 N–H and O–H groups in total. The summed E-state index contributed by atoms with van der Waals surface area (Å²) in [6, 6.07) is 9.80. The average Bonchev–Trinajstić information content (AvgIpc) is 2.91. The second-order valence-electron chi connectivity index (χ2n) is 5.28. The largest absolute Gasteiger partial charge is 0.483 e. The summed E-state index contributed by atoms with van der Waals surface area (Å²) in [6.07, 6.45) is 0. The van der Waals surface area contributed by atoms with Gasteiger partial charge in [-0.05, 0) is 19.1 Å². The van der Waals surface area contributed by atoms with E-state index in [1.54, 1.807) is 4.57 Å². The van der Waals surface area contributed by atoms with E-state index < -0.39 is 5.91 Å². The Hall–Kier alpha value is -2.61. The standard InChI is InChI=1S/C16H17N5O2S/c1-10-6-7-11-4-3-5-12(15(11)18-10)23-8-14-19-20-16(21(14)2)24-9-13(17)22/h3-7H,8-9H2,1-2H3,(H2,17,22). The molecule has 0 aliphatic rings. The lowest BCUT2D eigenvalue weighted by atomic mass is 10.2. The van der Waals surface area contributed by atoms with Gasteiger partial charge in [0.1, 0.15) is 17.9 Å². The second kappa shape index (κ2) is 6.88. The highest BCUT2D eigenvalue weighted by atomic mass is 32.2. The van der Waals surface area contributed by atoms with Crippen LogP contribution in [-0.2, 0) is 18.4 Å². The van der Waals surface area contributed by atoms with Gasteiger partial charge in [-0.15, -0.1) is 10.2 Å². The molecule has 0 bridgehead atoms. The third kappa shape index (κ3) is 3.48. The molecule has 7 nitrogen and oxygen atoms in total. The van der Waals surface area contributed by atoms with Gasteiger partial charge in [0.2, 0.25) is 5.91 Å². The van der Waals surface area contributed by atoms with Crippen LogP contribution < -0.4 is 10.5 Å². The van der Waals surface area contributed by atoms with E-state index in [0.29, 0.717) is 16.7 Å². The number of aromatic nitrogens is 4. The predicted octanol–water partition coefficient (Wildman–Crippen LogP) is 1.83. The maximum absolute atomic E-state index is 10.9. The number of amides is 1. The van der Waals surface area contributed by atoms with E-state index in [1.807, 2.05) is 44.3 Å². The fourth-order valence-electron chi connectivity index (χ4n) is 2.21. The number of nitrogens with zero attached hydrogens (tertiary/aromatic N) is 4. The SMILES string of the molecule is Cc1ccc2cccc(OCc3nnc(SCC(N)=O)n3C)c2n1. The van der Waals surface area contributed by atoms with Gasteiger partial charge in [-0.1, -0.05) is 30.0 Å². The van der Waals surface area contributed by atoms with Crippen molar-refractivity contribution in [3.05, 3.63) is 41.9 Å². The van der Waals surface area contributed by atoms with Crippen LogP contribution in [0.15, 0.2) is 35.5 Å². The minimum absolute atomic E-state index is 0.166. The van der Waals surface area contributed by atoms with E-state index in [2.05, 4.69) is 15.2 Å². The Morgan fingerprint density at radius 1 is 1.29 bits per heavy atom. The van der Waals surface area contributed by atoms with Gasteiger partial charge in [0.15, 0.2) is 11.0 Å². The number of ether oxygens (including phenoxy) is 1. The van der Waals surface area contributed by atoms with Crippen LogP contribution >= 0.6 is 11.8 Å². The lowest BCUT2D eigenvalue weighted by Crippen LogP contribution is -2.13. The zero-order chi connectivity index (χ0) is 17.1. The molecule has 2 heterocycles. The van der Waals surface area contributed by atoms with E-state index in [-0.39, 0.29) is 12.4 Å². The molecule has 3 aromatic rings. The molecule has 124 valence electrons. The first kappa shape index (κ1) is 16.3. The molecule has 0 saturated carbocycles. The van der Waals surface area contributed by atoms with Crippen molar-refractivity contribution >= 4 is 28.6 Å². The first-order chi connectivity index (χ1) is 11.5. The number of benzene rings is 1. The molecule has 0 unspecified atom stereocenters. The van der Waals surface area contributed by atoms with Crippen LogP contribution in [-0.4, -0.2) is 31.4 Å². The zero-order valence-electron chi connectivity index (χ0n) is 13.4. The fraction of sp³-hybridized carbons (Fsp3) is 0.250. The second-order valence-corrected chi connectivity index (χ2v) is 6.22. The number of carbonyl (C=O) groups excluding carboxylic acids is 1. The number of pyridine rings is 1. The Balaban J connectivity index is 1.77. The highest BCUT2D eigenvalue weighted by Crippen LogP contribution is 2.25. The summed E-state index contributed by atoms with van der Waals surface area (Å²) in [5.41, 5.74) is 6.90. The summed E-state index contributed by atoms with van der Waals surface area (Å²) in [6.45, 7) is 2.20. The average molecular weight is 343 g/mol. The summed E-state index contributed by atoms with van der Waals surface area (Å²) in [4.78, 5) is 15.4. The molecule has 0 fully saturated rings. The molecular formula is C16H17N5O2S. The molecule has 1 amide bonds. The lowest BCUT2D eigenvalue weighted by Gasteiger charge is -2.09. The summed E-state index contributed by atoms with van der Waals surface area (Å²) in [7, 11) is 1.83. The van der Waals surface area contributed by atoms with Crippen LogP contribution in [0.3, 0.4) is 0 Å². The maximum Gasteiger partial charge on any atom is 0.227 e. The third-order valence-corrected chi connectivity index (χ3v) is 4.49. The molecule has 0 spiro atoms. The van der Waals surface area contributed by atoms with Gasteiger partial charge >= 0.3 is 0 Å². The highest BCUT2D eigenvalue weighted by molar-refractivity contribution is 7.99. The minimum atomic E-state index is -0.391. The minimum Gasteiger partial charge on any atom is -0.483 e. The van der Waals surface area contributed by atoms with Gasteiger partial charge in [0.25, 0.3) is 0 Å². The summed E-state index contributed by atoms with van der Waals surface area (Å²) >= 11 is 1.25. The molecule has 0 radical (unpaired) electrons. The molecule has 0 atom stereocenters. The van der Waals surface area contributed by atoms with Gasteiger partial charge < -0.3 is 15.0 Å². The number of thioether (sulfide) groups is 1. The molecule has 0 saturated heterocycles. The number of primary amides is 1. The summed E-state index contributed by atoms with van der Waals surface area (Å²) in [5.74, 6) is 1.13. The van der Waals surface area contributed by atoms with Gasteiger partial charge in [0, 0.05) is 18.1 Å². The topological polar surface area (TPSA) is 95.9 Å². The fourth-order valence-corrected chi connectivity index (χ4v) is 2.88. The van der Waals surface area contributed by atoms with E-state index in [4.69, 9.17) is 10.5 Å². The molecule has 0 aliphatic heterocycles. The molecule has 24 heavy (non-hydrogen) atoms. The smallest absolute Gasteiger partial charge is 0.227 e. The molecule has 1 aromatic carbocycles. The highest BCUT2D eigenvalue weighted by Gasteiger charge is 2.12. The first-order valence-corrected chi connectivity index (χ1v) is 8.31. The van der Waals surface area contributed by atoms with Crippen molar-refractivity contribution in [1.29, 1.82) is 0 Å². The van der Waals surface area contributed by atoms with E-state index in [0.717, 1.165) is 16.6 Å². The van der Waals surface area contributed by atoms with E-state index in [1.165, 1.54) is 11.8 Å². The molecular weight excluding hydrogens is 326 g/mol. The Morgan fingerprint density at radius 3 is 2.92 bits per heavy atom. The number of para-hydroxylation sites is 1. The molecule has 0 aliphatic carbocycles. The monoisotopic (exact) mass is 343 g/mol. The number of aryl methyl sites for hydroxylation is 1. The van der Waals surface area contributed by atoms with Crippen LogP contribution in [0, 0.1) is 6.92 Å². The molecule has 8 heteroatoms. The summed E-state index contributed by atoms with van der Waals surface area (Å²) in [5, 5.41) is 9.80. The van der Waals surface area contributed by atoms with Crippen LogP contribution in [0.2, 0.25) is 0 Å². The van der Waals surface area contributed by atoms with Crippen molar-refractivity contribution < 1.29 is 9.53 Å². The number of rotatable bonds is 6. The van der Waals surface area contributed by atoms with Gasteiger partial charge in [0.05, 0.1) is 5.75 Å². The van der Waals surface area contributed by atoms with Crippen molar-refractivity contribution in [3.63, 3.8) is 0 Å². The van der Waals surface area contributed by atoms with Crippen molar-refractivity contribution in [2.24, 2.45) is 12.8 Å². The Kier molecular flexibility index (Phi) is 4.66. The third-order valence-electron chi connectivity index (χ3n) is 3.45. The maximum atomic E-state index is 10.9. The van der Waals surface area contributed by atoms with Crippen molar-refractivity contribution in [2.45, 2.75) is 18.7 Å². The quantitative estimate of drug-likeness (QED) is 0.686. The Bertz CT molecular complexity index is 893. The Labute approximate surface area is 143 Å². The first-order valence-electron chi connectivity index (χ1n) is 7.33. The van der Waals surface area contributed by atoms with Crippen molar-refractivity contribution in [3.8, 4) is 5.75 Å².